The summed E-state index contributed by atoms with van der Waals surface area (Å²) in [4.78, 5) is 20.7. The Morgan fingerprint density at radius 3 is 2.27 bits per heavy atom. The molecule has 0 fully saturated rings. The molecule has 0 aliphatic carbocycles. The highest BCUT2D eigenvalue weighted by Gasteiger charge is 2.18. The summed E-state index contributed by atoms with van der Waals surface area (Å²) < 4.78 is 0. The minimum atomic E-state index is -1.20. The number of carbonyl (C=O) groups excluding carboxylic acids is 1. The van der Waals surface area contributed by atoms with E-state index in [4.69, 9.17) is 16.8 Å². The van der Waals surface area contributed by atoms with Gasteiger partial charge in [-0.2, -0.15) is 0 Å². The Balaban J connectivity index is 3.88. The quantitative estimate of drug-likeness (QED) is 0.173. The number of carboxylic acid groups (broad SMARTS) is 1. The third kappa shape index (κ3) is 3.50. The van der Waals surface area contributed by atoms with Gasteiger partial charge in [0, 0.05) is 0 Å². The first-order chi connectivity index (χ1) is 5.11. The maximum absolute atomic E-state index is 10.5. The van der Waals surface area contributed by atoms with E-state index in [-0.39, 0.29) is 6.42 Å². The van der Waals surface area contributed by atoms with Crippen LogP contribution in [-0.2, 0) is 9.59 Å². The van der Waals surface area contributed by atoms with Crippen LogP contribution < -0.4 is 22.5 Å². The van der Waals surface area contributed by atoms with Gasteiger partial charge in [0.1, 0.15) is 6.04 Å². The molecule has 0 bridgehead atoms. The first-order valence-electron chi connectivity index (χ1n) is 2.80. The first-order valence-corrected chi connectivity index (χ1v) is 2.80. The molecule has 7 heteroatoms. The van der Waals surface area contributed by atoms with Gasteiger partial charge in [-0.15, -0.1) is 0 Å². The average Bonchev–Trinajstić information content (AvgIpc) is 1.99. The second kappa shape index (κ2) is 4.61. The van der Waals surface area contributed by atoms with Crippen molar-refractivity contribution in [1.29, 1.82) is 0 Å². The average molecular weight is 162 g/mol. The zero-order valence-corrected chi connectivity index (χ0v) is 5.70. The van der Waals surface area contributed by atoms with Crippen molar-refractivity contribution in [3.8, 4) is 0 Å². The minimum Gasteiger partial charge on any atom is -0.480 e. The predicted molar refractivity (Wildman–Crippen MR) is 35.7 cm³/mol. The number of hydrogen-bond donors (Lipinski definition) is 5. The highest BCUT2D eigenvalue weighted by molar-refractivity contribution is 5.83. The Kier molecular flexibility index (Phi) is 4.11. The van der Waals surface area contributed by atoms with E-state index < -0.39 is 17.9 Å². The molecule has 0 radical (unpaired) electrons. The Hall–Kier alpha value is -1.18. The van der Waals surface area contributed by atoms with E-state index in [9.17, 15) is 9.59 Å². The number of rotatable bonds is 4. The van der Waals surface area contributed by atoms with Crippen molar-refractivity contribution in [1.82, 2.24) is 10.9 Å². The largest absolute Gasteiger partial charge is 0.480 e. The molecule has 0 rings (SSSR count). The molecule has 1 unspecified atom stereocenters. The third-order valence-electron chi connectivity index (χ3n) is 1.05. The van der Waals surface area contributed by atoms with Gasteiger partial charge in [-0.05, 0) is 0 Å². The number of hydrogen-bond acceptors (Lipinski definition) is 5. The van der Waals surface area contributed by atoms with Crippen molar-refractivity contribution in [2.24, 2.45) is 11.7 Å². The fourth-order valence-corrected chi connectivity index (χ4v) is 0.462. The zero-order chi connectivity index (χ0) is 8.85. The molecular weight excluding hydrogens is 152 g/mol. The van der Waals surface area contributed by atoms with Gasteiger partial charge < -0.3 is 5.11 Å². The van der Waals surface area contributed by atoms with Crippen LogP contribution in [0.1, 0.15) is 6.42 Å². The molecule has 0 aliphatic heterocycles. The van der Waals surface area contributed by atoms with Gasteiger partial charge >= 0.3 is 5.97 Å². The van der Waals surface area contributed by atoms with Gasteiger partial charge in [0.15, 0.2) is 0 Å². The van der Waals surface area contributed by atoms with Crippen molar-refractivity contribution in [2.45, 2.75) is 12.5 Å². The summed E-state index contributed by atoms with van der Waals surface area (Å²) in [5.74, 6) is 7.75. The summed E-state index contributed by atoms with van der Waals surface area (Å²) in [5, 5.41) is 8.35. The highest BCUT2D eigenvalue weighted by Crippen LogP contribution is 1.88. The lowest BCUT2D eigenvalue weighted by Crippen LogP contribution is -2.45. The Bertz CT molecular complexity index is 159. The molecule has 0 heterocycles. The summed E-state index contributed by atoms with van der Waals surface area (Å²) in [6.07, 6.45) is -0.289. The lowest BCUT2D eigenvalue weighted by atomic mass is 10.2. The molecule has 0 saturated heterocycles. The number of amides is 1. The number of hydrazine groups is 2. The smallest absolute Gasteiger partial charge is 0.322 e. The van der Waals surface area contributed by atoms with Crippen molar-refractivity contribution in [2.75, 3.05) is 0 Å². The molecule has 64 valence electrons. The molecule has 7 nitrogen and oxygen atoms in total. The molecule has 0 aromatic rings. The monoisotopic (exact) mass is 162 g/mol. The lowest BCUT2D eigenvalue weighted by molar-refractivity contribution is -0.141. The number of nitrogens with two attached hydrogens (primary N) is 2. The standard InChI is InChI=1S/C4H10N4O3/c5-7-2(4(10)11)1-3(9)8-6/h2,7H,1,5-6H2,(H,8,9)(H,10,11). The Morgan fingerprint density at radius 1 is 1.45 bits per heavy atom. The zero-order valence-electron chi connectivity index (χ0n) is 5.70. The van der Waals surface area contributed by atoms with Crippen LogP contribution >= 0.6 is 0 Å². The number of carboxylic acids is 1. The van der Waals surface area contributed by atoms with Crippen LogP contribution in [0, 0.1) is 0 Å². The van der Waals surface area contributed by atoms with Crippen LogP contribution in [-0.4, -0.2) is 23.0 Å². The van der Waals surface area contributed by atoms with Crippen molar-refractivity contribution >= 4 is 11.9 Å². The predicted octanol–water partition coefficient (Wildman–Crippen LogP) is -2.72. The van der Waals surface area contributed by atoms with Crippen LogP contribution in [0.3, 0.4) is 0 Å². The first kappa shape index (κ1) is 9.82. The van der Waals surface area contributed by atoms with Gasteiger partial charge in [-0.1, -0.05) is 0 Å². The van der Waals surface area contributed by atoms with Crippen molar-refractivity contribution in [3.05, 3.63) is 0 Å². The van der Waals surface area contributed by atoms with Crippen LogP contribution in [0.25, 0.3) is 0 Å². The fourth-order valence-electron chi connectivity index (χ4n) is 0.462. The molecule has 1 amide bonds. The number of carbonyl (C=O) groups is 2. The normalized spacial score (nSPS) is 12.2. The number of nitrogens with one attached hydrogen (secondary N) is 2. The summed E-state index contributed by atoms with van der Waals surface area (Å²) in [5.41, 5.74) is 3.74. The Morgan fingerprint density at radius 2 is 2.00 bits per heavy atom. The summed E-state index contributed by atoms with van der Waals surface area (Å²) in [6, 6.07) is -1.10. The second-order valence-corrected chi connectivity index (χ2v) is 1.83. The van der Waals surface area contributed by atoms with Crippen LogP contribution in [0.4, 0.5) is 0 Å². The van der Waals surface area contributed by atoms with Crippen LogP contribution in [0.15, 0.2) is 0 Å². The van der Waals surface area contributed by atoms with Crippen molar-refractivity contribution < 1.29 is 14.7 Å². The molecule has 1 atom stereocenters. The van der Waals surface area contributed by atoms with E-state index in [1.165, 1.54) is 0 Å². The van der Waals surface area contributed by atoms with Gasteiger partial charge in [0.05, 0.1) is 6.42 Å². The molecule has 11 heavy (non-hydrogen) atoms. The van der Waals surface area contributed by atoms with E-state index in [0.29, 0.717) is 0 Å². The van der Waals surface area contributed by atoms with E-state index in [1.54, 1.807) is 5.43 Å². The van der Waals surface area contributed by atoms with Gasteiger partial charge in [0.2, 0.25) is 5.91 Å². The topological polar surface area (TPSA) is 130 Å². The minimum absolute atomic E-state index is 0.289. The van der Waals surface area contributed by atoms with E-state index in [2.05, 4.69) is 0 Å². The molecule has 0 saturated carbocycles. The molecule has 0 aromatic heterocycles. The summed E-state index contributed by atoms with van der Waals surface area (Å²) >= 11 is 0. The molecule has 0 spiro atoms. The van der Waals surface area contributed by atoms with Crippen LogP contribution in [0.5, 0.6) is 0 Å². The van der Waals surface area contributed by atoms with E-state index in [0.717, 1.165) is 0 Å². The lowest BCUT2D eigenvalue weighted by Gasteiger charge is -2.08. The highest BCUT2D eigenvalue weighted by atomic mass is 16.4. The van der Waals surface area contributed by atoms with E-state index >= 15 is 0 Å². The van der Waals surface area contributed by atoms with Gasteiger partial charge in [-0.25, -0.2) is 11.3 Å². The third-order valence-corrected chi connectivity index (χ3v) is 1.05. The van der Waals surface area contributed by atoms with Crippen LogP contribution in [0.2, 0.25) is 0 Å². The maximum Gasteiger partial charge on any atom is 0.322 e. The summed E-state index contributed by atoms with van der Waals surface area (Å²) in [7, 11) is 0. The molecule has 7 N–H and O–H groups in total. The maximum atomic E-state index is 10.5. The van der Waals surface area contributed by atoms with Crippen molar-refractivity contribution in [3.63, 3.8) is 0 Å². The van der Waals surface area contributed by atoms with Gasteiger partial charge in [-0.3, -0.25) is 20.9 Å². The van der Waals surface area contributed by atoms with Gasteiger partial charge in [0.25, 0.3) is 0 Å². The van der Waals surface area contributed by atoms with E-state index in [1.807, 2.05) is 5.43 Å². The SMILES string of the molecule is NNC(=O)CC(NN)C(=O)O. The molecular formula is C4H10N4O3. The molecule has 0 aliphatic rings. The second-order valence-electron chi connectivity index (χ2n) is 1.83. The Labute approximate surface area is 62.7 Å². The summed E-state index contributed by atoms with van der Waals surface area (Å²) in [6.45, 7) is 0. The fraction of sp³-hybridized carbons (Fsp3) is 0.500. The molecule has 0 aromatic carbocycles. The number of aliphatic carboxylic acids is 1.